The molecule has 0 bridgehead atoms. The minimum atomic E-state index is -0.377. The van der Waals surface area contributed by atoms with Gasteiger partial charge in [0.15, 0.2) is 17.3 Å². The normalized spacial score (nSPS) is 11.6. The van der Waals surface area contributed by atoms with Gasteiger partial charge in [0.25, 0.3) is 0 Å². The van der Waals surface area contributed by atoms with Crippen LogP contribution >= 0.6 is 0 Å². The maximum Gasteiger partial charge on any atom is 0.174 e. The van der Waals surface area contributed by atoms with Crippen LogP contribution in [0.2, 0.25) is 0 Å². The zero-order chi connectivity index (χ0) is 14.6. The van der Waals surface area contributed by atoms with E-state index < -0.39 is 0 Å². The number of benzene rings is 1. The van der Waals surface area contributed by atoms with Crippen LogP contribution in [0.1, 0.15) is 32.1 Å². The highest BCUT2D eigenvalue weighted by Gasteiger charge is 2.10. The molecule has 0 spiro atoms. The van der Waals surface area contributed by atoms with Crippen LogP contribution in [0.4, 0.5) is 4.39 Å². The lowest BCUT2D eigenvalue weighted by Gasteiger charge is -2.20. The van der Waals surface area contributed by atoms with Crippen molar-refractivity contribution in [3.05, 3.63) is 47.6 Å². The number of ether oxygens (including phenoxy) is 1. The SMILES string of the molecule is CC(C)(C)NCc1ccc(OCc2ccno2)c(F)c1. The van der Waals surface area contributed by atoms with Gasteiger partial charge in [-0.3, -0.25) is 0 Å². The number of nitrogens with one attached hydrogen (secondary N) is 1. The van der Waals surface area contributed by atoms with Crippen LogP contribution in [0.5, 0.6) is 5.75 Å². The maximum absolute atomic E-state index is 13.9. The first kappa shape index (κ1) is 14.5. The zero-order valence-corrected chi connectivity index (χ0v) is 11.9. The van der Waals surface area contributed by atoms with Crippen molar-refractivity contribution < 1.29 is 13.7 Å². The second kappa shape index (κ2) is 6.05. The van der Waals surface area contributed by atoms with Crippen molar-refractivity contribution in [3.8, 4) is 5.75 Å². The van der Waals surface area contributed by atoms with Gasteiger partial charge in [-0.05, 0) is 38.5 Å². The molecule has 0 aliphatic carbocycles. The lowest BCUT2D eigenvalue weighted by atomic mass is 10.1. The molecule has 0 saturated carbocycles. The van der Waals surface area contributed by atoms with Crippen LogP contribution in [0.15, 0.2) is 35.0 Å². The number of halogens is 1. The summed E-state index contributed by atoms with van der Waals surface area (Å²) in [6.07, 6.45) is 1.52. The standard InChI is InChI=1S/C15H19FN2O2/c1-15(2,3)17-9-11-4-5-14(13(16)8-11)19-10-12-6-7-18-20-12/h4-8,17H,9-10H2,1-3H3. The van der Waals surface area contributed by atoms with E-state index in [0.29, 0.717) is 12.3 Å². The molecule has 0 aliphatic heterocycles. The first-order valence-corrected chi connectivity index (χ1v) is 6.50. The van der Waals surface area contributed by atoms with E-state index >= 15 is 0 Å². The number of aromatic nitrogens is 1. The molecule has 1 N–H and O–H groups in total. The molecule has 4 nitrogen and oxygen atoms in total. The molecule has 0 radical (unpaired) electrons. The fourth-order valence-electron chi connectivity index (χ4n) is 1.60. The Labute approximate surface area is 117 Å². The van der Waals surface area contributed by atoms with Gasteiger partial charge in [-0.1, -0.05) is 11.2 Å². The lowest BCUT2D eigenvalue weighted by molar-refractivity contribution is 0.240. The average molecular weight is 278 g/mol. The molecule has 1 aromatic carbocycles. The highest BCUT2D eigenvalue weighted by Crippen LogP contribution is 2.20. The van der Waals surface area contributed by atoms with E-state index in [2.05, 4.69) is 31.2 Å². The smallest absolute Gasteiger partial charge is 0.174 e. The van der Waals surface area contributed by atoms with E-state index in [9.17, 15) is 4.39 Å². The van der Waals surface area contributed by atoms with Gasteiger partial charge in [-0.15, -0.1) is 0 Å². The molecule has 0 aliphatic rings. The topological polar surface area (TPSA) is 47.3 Å². The summed E-state index contributed by atoms with van der Waals surface area (Å²) >= 11 is 0. The number of nitrogens with zero attached hydrogens (tertiary/aromatic N) is 1. The predicted molar refractivity (Wildman–Crippen MR) is 73.8 cm³/mol. The summed E-state index contributed by atoms with van der Waals surface area (Å²) in [4.78, 5) is 0. The number of rotatable bonds is 5. The lowest BCUT2D eigenvalue weighted by Crippen LogP contribution is -2.35. The molecule has 2 aromatic rings. The Morgan fingerprint density at radius 2 is 2.10 bits per heavy atom. The largest absolute Gasteiger partial charge is 0.482 e. The summed E-state index contributed by atoms with van der Waals surface area (Å²) in [5.41, 5.74) is 0.877. The van der Waals surface area contributed by atoms with E-state index in [1.54, 1.807) is 12.1 Å². The Hall–Kier alpha value is -1.88. The molecule has 20 heavy (non-hydrogen) atoms. The molecular formula is C15H19FN2O2. The molecule has 1 heterocycles. The Balaban J connectivity index is 1.95. The minimum Gasteiger partial charge on any atom is -0.482 e. The fraction of sp³-hybridized carbons (Fsp3) is 0.400. The summed E-state index contributed by atoms with van der Waals surface area (Å²) in [7, 11) is 0. The van der Waals surface area contributed by atoms with E-state index in [4.69, 9.17) is 9.26 Å². The van der Waals surface area contributed by atoms with Crippen LogP contribution in [-0.2, 0) is 13.2 Å². The second-order valence-electron chi connectivity index (χ2n) is 5.64. The first-order chi connectivity index (χ1) is 9.44. The van der Waals surface area contributed by atoms with E-state index in [1.165, 1.54) is 12.3 Å². The highest BCUT2D eigenvalue weighted by atomic mass is 19.1. The second-order valence-corrected chi connectivity index (χ2v) is 5.64. The summed E-state index contributed by atoms with van der Waals surface area (Å²) in [6.45, 7) is 6.98. The fourth-order valence-corrected chi connectivity index (χ4v) is 1.60. The van der Waals surface area contributed by atoms with Gasteiger partial charge in [0.2, 0.25) is 0 Å². The van der Waals surface area contributed by atoms with Crippen LogP contribution in [-0.4, -0.2) is 10.7 Å². The molecule has 2 rings (SSSR count). The summed E-state index contributed by atoms with van der Waals surface area (Å²) in [5, 5.41) is 6.87. The van der Waals surface area contributed by atoms with Crippen molar-refractivity contribution in [1.82, 2.24) is 10.5 Å². The molecule has 0 atom stereocenters. The number of hydrogen-bond donors (Lipinski definition) is 1. The maximum atomic E-state index is 13.9. The van der Waals surface area contributed by atoms with Crippen LogP contribution in [0, 0.1) is 5.82 Å². The van der Waals surface area contributed by atoms with Crippen LogP contribution < -0.4 is 10.1 Å². The highest BCUT2D eigenvalue weighted by molar-refractivity contribution is 5.29. The van der Waals surface area contributed by atoms with Crippen LogP contribution in [0.3, 0.4) is 0 Å². The van der Waals surface area contributed by atoms with E-state index in [1.807, 2.05) is 6.07 Å². The summed E-state index contributed by atoms with van der Waals surface area (Å²) < 4.78 is 24.1. The third kappa shape index (κ3) is 4.35. The van der Waals surface area contributed by atoms with Crippen LogP contribution in [0.25, 0.3) is 0 Å². The molecule has 5 heteroatoms. The minimum absolute atomic E-state index is 0.00205. The summed E-state index contributed by atoms with van der Waals surface area (Å²) in [5.74, 6) is 0.390. The van der Waals surface area contributed by atoms with Gasteiger partial charge in [-0.25, -0.2) is 4.39 Å². The predicted octanol–water partition coefficient (Wildman–Crippen LogP) is 3.28. The monoisotopic (exact) mass is 278 g/mol. The quantitative estimate of drug-likeness (QED) is 0.911. The molecular weight excluding hydrogens is 259 g/mol. The zero-order valence-electron chi connectivity index (χ0n) is 11.9. The van der Waals surface area contributed by atoms with Gasteiger partial charge in [0.1, 0.15) is 6.61 Å². The van der Waals surface area contributed by atoms with E-state index in [-0.39, 0.29) is 23.7 Å². The Morgan fingerprint density at radius 3 is 2.70 bits per heavy atom. The Bertz CT molecular complexity index is 547. The molecule has 0 unspecified atom stereocenters. The van der Waals surface area contributed by atoms with Gasteiger partial charge in [0.05, 0.1) is 6.20 Å². The van der Waals surface area contributed by atoms with Gasteiger partial charge < -0.3 is 14.6 Å². The Morgan fingerprint density at radius 1 is 1.30 bits per heavy atom. The molecule has 0 saturated heterocycles. The molecule has 1 aromatic heterocycles. The van der Waals surface area contributed by atoms with Crippen molar-refractivity contribution in [2.45, 2.75) is 39.5 Å². The van der Waals surface area contributed by atoms with Crippen molar-refractivity contribution in [2.75, 3.05) is 0 Å². The molecule has 0 fully saturated rings. The number of hydrogen-bond acceptors (Lipinski definition) is 4. The molecule has 108 valence electrons. The first-order valence-electron chi connectivity index (χ1n) is 6.50. The third-order valence-electron chi connectivity index (χ3n) is 2.68. The van der Waals surface area contributed by atoms with Gasteiger partial charge >= 0.3 is 0 Å². The Kier molecular flexibility index (Phi) is 4.39. The molecule has 0 amide bonds. The van der Waals surface area contributed by atoms with Gasteiger partial charge in [-0.2, -0.15) is 0 Å². The van der Waals surface area contributed by atoms with Gasteiger partial charge in [0, 0.05) is 18.2 Å². The van der Waals surface area contributed by atoms with E-state index in [0.717, 1.165) is 5.56 Å². The van der Waals surface area contributed by atoms with Crippen molar-refractivity contribution in [3.63, 3.8) is 0 Å². The average Bonchev–Trinajstić information content (AvgIpc) is 2.87. The van der Waals surface area contributed by atoms with Crippen molar-refractivity contribution in [1.29, 1.82) is 0 Å². The van der Waals surface area contributed by atoms with Crippen molar-refractivity contribution >= 4 is 0 Å². The third-order valence-corrected chi connectivity index (χ3v) is 2.68. The summed E-state index contributed by atoms with van der Waals surface area (Å²) in [6, 6.07) is 6.64. The van der Waals surface area contributed by atoms with Crippen molar-refractivity contribution in [2.24, 2.45) is 0 Å².